The van der Waals surface area contributed by atoms with Crippen molar-refractivity contribution in [2.45, 2.75) is 18.7 Å². The fraction of sp³-hybridized carbons (Fsp3) is 0.400. The van der Waals surface area contributed by atoms with Gasteiger partial charge in [-0.3, -0.25) is 4.79 Å². The number of ether oxygens (including phenoxy) is 1. The zero-order valence-corrected chi connectivity index (χ0v) is 9.60. The molecule has 17 heavy (non-hydrogen) atoms. The number of methoxy groups -OCH3 is 1. The second-order valence-electron chi connectivity index (χ2n) is 3.16. The molecule has 0 unspecified atom stereocenters. The number of aromatic nitrogens is 1. The molecule has 7 heteroatoms. The standard InChI is InChI=1S/C10H9ClF3NO2/c1-17-7(16)3-5-2-6(4-11)15-10(14)8(5)9(12)13/h2,9H,3-4H2,1H3. The third kappa shape index (κ3) is 3.33. The number of esters is 1. The van der Waals surface area contributed by atoms with E-state index in [1.54, 1.807) is 0 Å². The summed E-state index contributed by atoms with van der Waals surface area (Å²) in [4.78, 5) is 14.3. The summed E-state index contributed by atoms with van der Waals surface area (Å²) in [5, 5.41) is 0. The first kappa shape index (κ1) is 13.8. The van der Waals surface area contributed by atoms with Crippen LogP contribution in [0.15, 0.2) is 6.07 Å². The van der Waals surface area contributed by atoms with Crippen molar-refractivity contribution in [3.05, 3.63) is 28.8 Å². The maximum Gasteiger partial charge on any atom is 0.309 e. The molecular formula is C10H9ClF3NO2. The van der Waals surface area contributed by atoms with Crippen molar-refractivity contribution in [1.29, 1.82) is 0 Å². The molecule has 1 aromatic heterocycles. The highest BCUT2D eigenvalue weighted by Gasteiger charge is 2.22. The van der Waals surface area contributed by atoms with Crippen molar-refractivity contribution in [2.24, 2.45) is 0 Å². The maximum atomic E-state index is 13.3. The van der Waals surface area contributed by atoms with Gasteiger partial charge in [-0.2, -0.15) is 4.39 Å². The smallest absolute Gasteiger partial charge is 0.309 e. The summed E-state index contributed by atoms with van der Waals surface area (Å²) in [5.41, 5.74) is -0.952. The molecule has 94 valence electrons. The fourth-order valence-corrected chi connectivity index (χ4v) is 1.44. The molecule has 0 radical (unpaired) electrons. The van der Waals surface area contributed by atoms with Gasteiger partial charge in [0.05, 0.1) is 30.7 Å². The van der Waals surface area contributed by atoms with Gasteiger partial charge in [-0.25, -0.2) is 13.8 Å². The van der Waals surface area contributed by atoms with Gasteiger partial charge in [-0.1, -0.05) is 0 Å². The highest BCUT2D eigenvalue weighted by atomic mass is 35.5. The quantitative estimate of drug-likeness (QED) is 0.478. The Morgan fingerprint density at radius 3 is 2.71 bits per heavy atom. The molecule has 1 heterocycles. The number of hydrogen-bond donors (Lipinski definition) is 0. The number of halogens is 4. The summed E-state index contributed by atoms with van der Waals surface area (Å²) in [7, 11) is 1.12. The van der Waals surface area contributed by atoms with Crippen LogP contribution in [0.2, 0.25) is 0 Å². The van der Waals surface area contributed by atoms with Crippen molar-refractivity contribution >= 4 is 17.6 Å². The average molecular weight is 268 g/mol. The van der Waals surface area contributed by atoms with E-state index >= 15 is 0 Å². The molecule has 1 rings (SSSR count). The molecule has 0 N–H and O–H groups in total. The lowest BCUT2D eigenvalue weighted by Crippen LogP contribution is -2.11. The predicted molar refractivity (Wildman–Crippen MR) is 54.4 cm³/mol. The van der Waals surface area contributed by atoms with E-state index in [0.29, 0.717) is 0 Å². The Kier molecular flexibility index (Phi) is 4.74. The fourth-order valence-electron chi connectivity index (χ4n) is 1.30. The normalized spacial score (nSPS) is 10.7. The first-order chi connectivity index (χ1) is 7.99. The Bertz CT molecular complexity index is 426. The number of carbonyl (C=O) groups is 1. The van der Waals surface area contributed by atoms with E-state index in [1.807, 2.05) is 0 Å². The Balaban J connectivity index is 3.22. The summed E-state index contributed by atoms with van der Waals surface area (Å²) in [6, 6.07) is 1.18. The first-order valence-electron chi connectivity index (χ1n) is 4.58. The van der Waals surface area contributed by atoms with E-state index in [1.165, 1.54) is 6.07 Å². The van der Waals surface area contributed by atoms with Crippen LogP contribution in [-0.4, -0.2) is 18.1 Å². The van der Waals surface area contributed by atoms with Gasteiger partial charge in [0, 0.05) is 0 Å². The molecule has 0 saturated carbocycles. The molecule has 0 bridgehead atoms. The number of hydrogen-bond acceptors (Lipinski definition) is 3. The molecule has 0 aromatic carbocycles. The van der Waals surface area contributed by atoms with Gasteiger partial charge in [0.1, 0.15) is 0 Å². The largest absolute Gasteiger partial charge is 0.469 e. The lowest BCUT2D eigenvalue weighted by atomic mass is 10.1. The van der Waals surface area contributed by atoms with Gasteiger partial charge >= 0.3 is 5.97 Å². The Hall–Kier alpha value is -1.30. The van der Waals surface area contributed by atoms with Crippen molar-refractivity contribution in [2.75, 3.05) is 7.11 Å². The van der Waals surface area contributed by atoms with E-state index in [4.69, 9.17) is 11.6 Å². The molecule has 0 fully saturated rings. The van der Waals surface area contributed by atoms with Crippen LogP contribution in [-0.2, 0) is 21.8 Å². The minimum absolute atomic E-state index is 0.0902. The number of pyridine rings is 1. The Morgan fingerprint density at radius 1 is 1.59 bits per heavy atom. The van der Waals surface area contributed by atoms with E-state index in [-0.39, 0.29) is 17.1 Å². The van der Waals surface area contributed by atoms with Crippen LogP contribution in [0.4, 0.5) is 13.2 Å². The summed E-state index contributed by atoms with van der Waals surface area (Å²) >= 11 is 5.44. The number of nitrogens with zero attached hydrogens (tertiary/aromatic N) is 1. The second kappa shape index (κ2) is 5.86. The summed E-state index contributed by atoms with van der Waals surface area (Å²) in [5.74, 6) is -2.18. The van der Waals surface area contributed by atoms with E-state index < -0.39 is 30.3 Å². The number of alkyl halides is 3. The zero-order valence-electron chi connectivity index (χ0n) is 8.84. The molecule has 1 aromatic rings. The number of rotatable bonds is 4. The highest BCUT2D eigenvalue weighted by Crippen LogP contribution is 2.26. The molecule has 0 saturated heterocycles. The Labute approximate surface area is 101 Å². The van der Waals surface area contributed by atoms with Crippen LogP contribution in [0.25, 0.3) is 0 Å². The van der Waals surface area contributed by atoms with E-state index in [0.717, 1.165) is 7.11 Å². The third-order valence-electron chi connectivity index (χ3n) is 2.07. The molecule has 0 aliphatic carbocycles. The molecule has 0 aliphatic rings. The van der Waals surface area contributed by atoms with E-state index in [2.05, 4.69) is 9.72 Å². The van der Waals surface area contributed by atoms with Gasteiger partial charge in [-0.05, 0) is 11.6 Å². The minimum Gasteiger partial charge on any atom is -0.469 e. The van der Waals surface area contributed by atoms with Crippen molar-refractivity contribution in [3.63, 3.8) is 0 Å². The molecule has 3 nitrogen and oxygen atoms in total. The second-order valence-corrected chi connectivity index (χ2v) is 3.43. The monoisotopic (exact) mass is 267 g/mol. The van der Waals surface area contributed by atoms with Crippen molar-refractivity contribution < 1.29 is 22.7 Å². The average Bonchev–Trinajstić information content (AvgIpc) is 2.27. The summed E-state index contributed by atoms with van der Waals surface area (Å²) < 4.78 is 42.9. The van der Waals surface area contributed by atoms with E-state index in [9.17, 15) is 18.0 Å². The SMILES string of the molecule is COC(=O)Cc1cc(CCl)nc(F)c1C(F)F. The maximum absolute atomic E-state index is 13.3. The van der Waals surface area contributed by atoms with Crippen LogP contribution >= 0.6 is 11.6 Å². The van der Waals surface area contributed by atoms with Gasteiger partial charge < -0.3 is 4.74 Å². The van der Waals surface area contributed by atoms with Crippen LogP contribution in [0, 0.1) is 5.95 Å². The van der Waals surface area contributed by atoms with Gasteiger partial charge in [-0.15, -0.1) is 11.6 Å². The van der Waals surface area contributed by atoms with Crippen LogP contribution in [0.1, 0.15) is 23.2 Å². The van der Waals surface area contributed by atoms with Gasteiger partial charge in [0.25, 0.3) is 6.43 Å². The van der Waals surface area contributed by atoms with Gasteiger partial charge in [0.15, 0.2) is 0 Å². The topological polar surface area (TPSA) is 39.2 Å². The summed E-state index contributed by atoms with van der Waals surface area (Å²) in [6.07, 6.45) is -3.49. The summed E-state index contributed by atoms with van der Waals surface area (Å²) in [6.45, 7) is 0. The molecule has 0 amide bonds. The number of carbonyl (C=O) groups excluding carboxylic acids is 1. The molecule has 0 aliphatic heterocycles. The van der Waals surface area contributed by atoms with Crippen molar-refractivity contribution in [1.82, 2.24) is 4.98 Å². The molecule has 0 spiro atoms. The predicted octanol–water partition coefficient (Wildman–Crippen LogP) is 2.61. The molecule has 0 atom stereocenters. The van der Waals surface area contributed by atoms with Crippen LogP contribution in [0.3, 0.4) is 0 Å². The molecular weight excluding hydrogens is 259 g/mol. The third-order valence-corrected chi connectivity index (χ3v) is 2.34. The van der Waals surface area contributed by atoms with Gasteiger partial charge in [0.2, 0.25) is 5.95 Å². The zero-order chi connectivity index (χ0) is 13.0. The lowest BCUT2D eigenvalue weighted by molar-refractivity contribution is -0.139. The minimum atomic E-state index is -3.05. The highest BCUT2D eigenvalue weighted by molar-refractivity contribution is 6.16. The van der Waals surface area contributed by atoms with Crippen LogP contribution in [0.5, 0.6) is 0 Å². The Morgan fingerprint density at radius 2 is 2.24 bits per heavy atom. The first-order valence-corrected chi connectivity index (χ1v) is 5.12. The lowest BCUT2D eigenvalue weighted by Gasteiger charge is -2.10. The van der Waals surface area contributed by atoms with Crippen molar-refractivity contribution in [3.8, 4) is 0 Å². The van der Waals surface area contributed by atoms with Crippen LogP contribution < -0.4 is 0 Å².